The molecule has 1 aliphatic rings. The molecular formula is C23H16BrF2N3O2. The van der Waals surface area contributed by atoms with Gasteiger partial charge in [0.15, 0.2) is 0 Å². The topological polar surface area (TPSA) is 61.8 Å². The highest BCUT2D eigenvalue weighted by atomic mass is 79.9. The number of carbonyl (C=O) groups excluding carboxylic acids is 2. The van der Waals surface area contributed by atoms with Crippen molar-refractivity contribution in [2.45, 2.75) is 0 Å². The van der Waals surface area contributed by atoms with Crippen molar-refractivity contribution in [3.63, 3.8) is 0 Å². The molecule has 4 rings (SSSR count). The number of fused-ring (bicyclic) bond motifs is 1. The zero-order chi connectivity index (χ0) is 22.0. The van der Waals surface area contributed by atoms with Crippen LogP contribution in [0.5, 0.6) is 0 Å². The van der Waals surface area contributed by atoms with E-state index in [-0.39, 0.29) is 24.7 Å². The smallest absolute Gasteiger partial charge is 0.249 e. The highest BCUT2D eigenvalue weighted by Crippen LogP contribution is 2.30. The largest absolute Gasteiger partial charge is 0.322 e. The second kappa shape index (κ2) is 8.77. The Balaban J connectivity index is 1.66. The number of halogens is 3. The lowest BCUT2D eigenvalue weighted by Crippen LogP contribution is -2.39. The number of hydrogen-bond donors (Lipinski definition) is 1. The van der Waals surface area contributed by atoms with Gasteiger partial charge in [-0.2, -0.15) is 0 Å². The third-order valence-electron chi connectivity index (χ3n) is 4.73. The van der Waals surface area contributed by atoms with Gasteiger partial charge in [0.2, 0.25) is 11.8 Å². The Morgan fingerprint density at radius 3 is 2.58 bits per heavy atom. The highest BCUT2D eigenvalue weighted by Gasteiger charge is 2.27. The van der Waals surface area contributed by atoms with Gasteiger partial charge < -0.3 is 10.2 Å². The quantitative estimate of drug-likeness (QED) is 0.591. The number of hydrogen-bond acceptors (Lipinski definition) is 3. The van der Waals surface area contributed by atoms with Gasteiger partial charge in [-0.1, -0.05) is 46.3 Å². The van der Waals surface area contributed by atoms with Gasteiger partial charge in [0.05, 0.1) is 17.1 Å². The summed E-state index contributed by atoms with van der Waals surface area (Å²) in [5, 5.41) is 2.39. The molecular weight excluding hydrogens is 468 g/mol. The summed E-state index contributed by atoms with van der Waals surface area (Å²) in [6, 6.07) is 17.6. The molecule has 0 saturated heterocycles. The number of nitrogens with one attached hydrogen (secondary N) is 1. The molecule has 5 nitrogen and oxygen atoms in total. The summed E-state index contributed by atoms with van der Waals surface area (Å²) >= 11 is 3.45. The molecule has 0 spiro atoms. The zero-order valence-electron chi connectivity index (χ0n) is 16.1. The zero-order valence-corrected chi connectivity index (χ0v) is 17.7. The minimum Gasteiger partial charge on any atom is -0.322 e. The van der Waals surface area contributed by atoms with Gasteiger partial charge >= 0.3 is 0 Å². The number of aliphatic imine (C=N–C) groups is 1. The number of rotatable bonds is 4. The van der Waals surface area contributed by atoms with Crippen LogP contribution in [0.25, 0.3) is 0 Å². The maximum absolute atomic E-state index is 13.9. The van der Waals surface area contributed by atoms with Crippen LogP contribution in [0.1, 0.15) is 11.1 Å². The first-order valence-corrected chi connectivity index (χ1v) is 10.2. The van der Waals surface area contributed by atoms with E-state index in [4.69, 9.17) is 0 Å². The predicted molar refractivity (Wildman–Crippen MR) is 118 cm³/mol. The molecule has 3 aromatic carbocycles. The lowest BCUT2D eigenvalue weighted by Gasteiger charge is -2.23. The van der Waals surface area contributed by atoms with E-state index in [1.54, 1.807) is 12.1 Å². The van der Waals surface area contributed by atoms with Gasteiger partial charge in [0.1, 0.15) is 24.7 Å². The fourth-order valence-corrected chi connectivity index (χ4v) is 3.69. The third kappa shape index (κ3) is 4.54. The first-order chi connectivity index (χ1) is 14.9. The average molecular weight is 484 g/mol. The summed E-state index contributed by atoms with van der Waals surface area (Å²) in [5.74, 6) is -2.63. The van der Waals surface area contributed by atoms with E-state index in [1.165, 1.54) is 4.90 Å². The van der Waals surface area contributed by atoms with Crippen LogP contribution in [-0.2, 0) is 9.59 Å². The van der Waals surface area contributed by atoms with Gasteiger partial charge in [-0.3, -0.25) is 14.6 Å². The molecule has 0 aliphatic carbocycles. The lowest BCUT2D eigenvalue weighted by atomic mass is 10.0. The van der Waals surface area contributed by atoms with Gasteiger partial charge in [0.25, 0.3) is 0 Å². The van der Waals surface area contributed by atoms with Crippen LogP contribution in [0.2, 0.25) is 0 Å². The molecule has 156 valence electrons. The first kappa shape index (κ1) is 20.9. The van der Waals surface area contributed by atoms with E-state index in [0.29, 0.717) is 23.0 Å². The number of amides is 2. The Morgan fingerprint density at radius 2 is 1.84 bits per heavy atom. The minimum absolute atomic E-state index is 0.144. The Morgan fingerprint density at radius 1 is 1.06 bits per heavy atom. The Bertz CT molecular complexity index is 1200. The summed E-state index contributed by atoms with van der Waals surface area (Å²) in [7, 11) is 0. The normalized spacial score (nSPS) is 13.3. The second-order valence-corrected chi connectivity index (χ2v) is 7.76. The van der Waals surface area contributed by atoms with Gasteiger partial charge in [-0.05, 0) is 30.3 Å². The SMILES string of the molecule is O=C(CN1C(=O)CN=C(c2ccccc2)c2cc(Br)ccc21)Nc1ccc(F)cc1F. The van der Waals surface area contributed by atoms with Crippen molar-refractivity contribution in [3.05, 3.63) is 94.0 Å². The average Bonchev–Trinajstić information content (AvgIpc) is 2.87. The van der Waals surface area contributed by atoms with Crippen LogP contribution in [0.3, 0.4) is 0 Å². The van der Waals surface area contributed by atoms with Crippen LogP contribution in [0, 0.1) is 11.6 Å². The van der Waals surface area contributed by atoms with E-state index in [0.717, 1.165) is 22.2 Å². The lowest BCUT2D eigenvalue weighted by molar-refractivity contribution is -0.120. The number of carbonyl (C=O) groups is 2. The summed E-state index contributed by atoms with van der Waals surface area (Å²) in [6.07, 6.45) is 0. The maximum atomic E-state index is 13.9. The molecule has 8 heteroatoms. The summed E-state index contributed by atoms with van der Waals surface area (Å²) in [5.41, 5.74) is 2.52. The summed E-state index contributed by atoms with van der Waals surface area (Å²) < 4.78 is 27.8. The van der Waals surface area contributed by atoms with E-state index in [1.807, 2.05) is 36.4 Å². The molecule has 1 N–H and O–H groups in total. The number of anilines is 2. The molecule has 0 bridgehead atoms. The molecule has 0 radical (unpaired) electrons. The maximum Gasteiger partial charge on any atom is 0.249 e. The fourth-order valence-electron chi connectivity index (χ4n) is 3.33. The van der Waals surface area contributed by atoms with E-state index >= 15 is 0 Å². The second-order valence-electron chi connectivity index (χ2n) is 6.84. The van der Waals surface area contributed by atoms with E-state index < -0.39 is 17.5 Å². The Hall–Kier alpha value is -3.39. The van der Waals surface area contributed by atoms with Gasteiger partial charge in [-0.15, -0.1) is 0 Å². The van der Waals surface area contributed by atoms with Crippen molar-refractivity contribution in [2.75, 3.05) is 23.3 Å². The van der Waals surface area contributed by atoms with Crippen LogP contribution in [0.15, 0.2) is 76.2 Å². The van der Waals surface area contributed by atoms with E-state index in [2.05, 4.69) is 26.2 Å². The van der Waals surface area contributed by atoms with Crippen molar-refractivity contribution >= 4 is 44.8 Å². The fraction of sp³-hybridized carbons (Fsp3) is 0.0870. The van der Waals surface area contributed by atoms with Crippen LogP contribution >= 0.6 is 15.9 Å². The number of nitrogens with zero attached hydrogens (tertiary/aromatic N) is 2. The van der Waals surface area contributed by atoms with Crippen molar-refractivity contribution in [3.8, 4) is 0 Å². The molecule has 0 unspecified atom stereocenters. The third-order valence-corrected chi connectivity index (χ3v) is 5.23. The van der Waals surface area contributed by atoms with Crippen molar-refractivity contribution in [1.82, 2.24) is 0 Å². The highest BCUT2D eigenvalue weighted by molar-refractivity contribution is 9.10. The van der Waals surface area contributed by atoms with Crippen LogP contribution in [-0.4, -0.2) is 30.6 Å². The molecule has 0 atom stereocenters. The first-order valence-electron chi connectivity index (χ1n) is 9.37. The number of benzene rings is 3. The molecule has 1 aliphatic heterocycles. The molecule has 0 saturated carbocycles. The molecule has 0 fully saturated rings. The monoisotopic (exact) mass is 483 g/mol. The van der Waals surface area contributed by atoms with Crippen LogP contribution < -0.4 is 10.2 Å². The van der Waals surface area contributed by atoms with Crippen LogP contribution in [0.4, 0.5) is 20.2 Å². The summed E-state index contributed by atoms with van der Waals surface area (Å²) in [6.45, 7) is -0.489. The van der Waals surface area contributed by atoms with Crippen molar-refractivity contribution in [1.29, 1.82) is 0 Å². The Labute approximate surface area is 185 Å². The minimum atomic E-state index is -0.894. The van der Waals surface area contributed by atoms with Crippen molar-refractivity contribution < 1.29 is 18.4 Å². The van der Waals surface area contributed by atoms with Gasteiger partial charge in [-0.25, -0.2) is 8.78 Å². The molecule has 2 amide bonds. The standard InChI is InChI=1S/C23H16BrF2N3O2/c24-15-6-9-20-17(10-15)23(14-4-2-1-3-5-14)27-12-22(31)29(20)13-21(30)28-19-8-7-16(25)11-18(19)26/h1-11H,12-13H2,(H,28,30). The molecule has 0 aromatic heterocycles. The predicted octanol–water partition coefficient (Wildman–Crippen LogP) is 4.55. The molecule has 1 heterocycles. The summed E-state index contributed by atoms with van der Waals surface area (Å²) in [4.78, 5) is 31.2. The van der Waals surface area contributed by atoms with Crippen molar-refractivity contribution in [2.24, 2.45) is 4.99 Å². The van der Waals surface area contributed by atoms with Gasteiger partial charge in [0, 0.05) is 21.7 Å². The Kier molecular flexibility index (Phi) is 5.90. The molecule has 31 heavy (non-hydrogen) atoms. The molecule has 3 aromatic rings. The number of benzodiazepines with no additional fused rings is 1. The van der Waals surface area contributed by atoms with E-state index in [9.17, 15) is 18.4 Å².